The lowest BCUT2D eigenvalue weighted by atomic mass is 10.5. The van der Waals surface area contributed by atoms with Crippen LogP contribution >= 0.6 is 0 Å². The third-order valence-electron chi connectivity index (χ3n) is 1.39. The average Bonchev–Trinajstić information content (AvgIpc) is 2.65. The minimum absolute atomic E-state index is 0.219. The fraction of sp³-hybridized carbons (Fsp3) is 0.444. The van der Waals surface area contributed by atoms with E-state index >= 15 is 0 Å². The summed E-state index contributed by atoms with van der Waals surface area (Å²) in [6.07, 6.45) is 1.43. The van der Waals surface area contributed by atoms with Gasteiger partial charge in [0, 0.05) is 6.61 Å². The van der Waals surface area contributed by atoms with Crippen LogP contribution in [0.1, 0.15) is 17.5 Å². The van der Waals surface area contributed by atoms with Gasteiger partial charge in [-0.25, -0.2) is 4.79 Å². The van der Waals surface area contributed by atoms with Crippen LogP contribution in [0.2, 0.25) is 0 Å². The van der Waals surface area contributed by atoms with Crippen molar-refractivity contribution in [2.24, 2.45) is 0 Å². The Morgan fingerprint density at radius 2 is 2.38 bits per heavy atom. The Labute approximate surface area is 76.4 Å². The van der Waals surface area contributed by atoms with Gasteiger partial charge in [-0.05, 0) is 19.1 Å². The van der Waals surface area contributed by atoms with Crippen molar-refractivity contribution in [2.75, 3.05) is 19.8 Å². The third kappa shape index (κ3) is 3.29. The van der Waals surface area contributed by atoms with Gasteiger partial charge in [0.05, 0.1) is 12.9 Å². The molecule has 0 unspecified atom stereocenters. The van der Waals surface area contributed by atoms with Gasteiger partial charge in [0.2, 0.25) is 5.76 Å². The number of carbonyl (C=O) groups excluding carboxylic acids is 1. The van der Waals surface area contributed by atoms with Crippen LogP contribution in [-0.2, 0) is 9.47 Å². The van der Waals surface area contributed by atoms with Crippen LogP contribution in [-0.4, -0.2) is 25.8 Å². The fourth-order valence-corrected chi connectivity index (χ4v) is 0.803. The van der Waals surface area contributed by atoms with Crippen LogP contribution in [0.3, 0.4) is 0 Å². The molecule has 0 fully saturated rings. The molecule has 0 saturated heterocycles. The number of rotatable bonds is 5. The maximum absolute atomic E-state index is 11.1. The number of ether oxygens (including phenoxy) is 2. The average molecular weight is 184 g/mol. The molecule has 0 aliphatic rings. The van der Waals surface area contributed by atoms with Gasteiger partial charge in [0.15, 0.2) is 0 Å². The molecule has 1 heterocycles. The van der Waals surface area contributed by atoms with E-state index < -0.39 is 5.97 Å². The van der Waals surface area contributed by atoms with Crippen molar-refractivity contribution in [1.29, 1.82) is 0 Å². The van der Waals surface area contributed by atoms with Gasteiger partial charge in [0.1, 0.15) is 6.61 Å². The highest BCUT2D eigenvalue weighted by atomic mass is 16.6. The molecule has 0 saturated carbocycles. The van der Waals surface area contributed by atoms with E-state index in [-0.39, 0.29) is 12.4 Å². The first kappa shape index (κ1) is 9.80. The zero-order valence-corrected chi connectivity index (χ0v) is 7.49. The zero-order valence-electron chi connectivity index (χ0n) is 7.49. The summed E-state index contributed by atoms with van der Waals surface area (Å²) in [5, 5.41) is 0. The highest BCUT2D eigenvalue weighted by Crippen LogP contribution is 2.01. The molecular formula is C9H12O4. The van der Waals surface area contributed by atoms with Crippen molar-refractivity contribution in [3.05, 3.63) is 24.2 Å². The molecule has 4 heteroatoms. The minimum Gasteiger partial charge on any atom is -0.457 e. The highest BCUT2D eigenvalue weighted by Gasteiger charge is 2.08. The van der Waals surface area contributed by atoms with E-state index in [1.807, 2.05) is 6.92 Å². The molecule has 0 atom stereocenters. The predicted octanol–water partition coefficient (Wildman–Crippen LogP) is 1.47. The molecule has 1 rings (SSSR count). The maximum Gasteiger partial charge on any atom is 0.374 e. The van der Waals surface area contributed by atoms with Crippen molar-refractivity contribution in [3.8, 4) is 0 Å². The molecule has 0 aliphatic carbocycles. The maximum atomic E-state index is 11.1. The topological polar surface area (TPSA) is 48.7 Å². The molecule has 0 aromatic carbocycles. The molecule has 1 aromatic rings. The fourth-order valence-electron chi connectivity index (χ4n) is 0.803. The van der Waals surface area contributed by atoms with Crippen molar-refractivity contribution >= 4 is 5.97 Å². The van der Waals surface area contributed by atoms with Crippen molar-refractivity contribution in [1.82, 2.24) is 0 Å². The lowest BCUT2D eigenvalue weighted by Gasteiger charge is -2.01. The molecule has 0 bridgehead atoms. The number of furan rings is 1. The second-order valence-corrected chi connectivity index (χ2v) is 2.31. The van der Waals surface area contributed by atoms with Crippen molar-refractivity contribution < 1.29 is 18.7 Å². The minimum atomic E-state index is -0.454. The second-order valence-electron chi connectivity index (χ2n) is 2.31. The number of hydrogen-bond acceptors (Lipinski definition) is 4. The summed E-state index contributed by atoms with van der Waals surface area (Å²) in [4.78, 5) is 11.1. The van der Waals surface area contributed by atoms with Gasteiger partial charge >= 0.3 is 5.97 Å². The molecule has 0 spiro atoms. The van der Waals surface area contributed by atoms with E-state index in [0.717, 1.165) is 0 Å². The SMILES string of the molecule is CCOCCOC(=O)c1ccco1. The normalized spacial score (nSPS) is 9.92. The summed E-state index contributed by atoms with van der Waals surface area (Å²) in [5.74, 6) is -0.235. The van der Waals surface area contributed by atoms with Crippen molar-refractivity contribution in [3.63, 3.8) is 0 Å². The first-order valence-corrected chi connectivity index (χ1v) is 4.13. The molecule has 0 N–H and O–H groups in total. The van der Waals surface area contributed by atoms with Gasteiger partial charge in [-0.3, -0.25) is 0 Å². The van der Waals surface area contributed by atoms with Gasteiger partial charge in [-0.1, -0.05) is 0 Å². The van der Waals surface area contributed by atoms with E-state index in [2.05, 4.69) is 0 Å². The highest BCUT2D eigenvalue weighted by molar-refractivity contribution is 5.86. The Morgan fingerprint density at radius 1 is 1.54 bits per heavy atom. The Morgan fingerprint density at radius 3 is 3.00 bits per heavy atom. The van der Waals surface area contributed by atoms with Crippen LogP contribution in [0.15, 0.2) is 22.8 Å². The Balaban J connectivity index is 2.19. The smallest absolute Gasteiger partial charge is 0.374 e. The second kappa shape index (κ2) is 5.37. The molecule has 72 valence electrons. The van der Waals surface area contributed by atoms with Gasteiger partial charge in [-0.2, -0.15) is 0 Å². The number of hydrogen-bond donors (Lipinski definition) is 0. The lowest BCUT2D eigenvalue weighted by molar-refractivity contribution is 0.0304. The largest absolute Gasteiger partial charge is 0.457 e. The molecule has 0 aliphatic heterocycles. The van der Waals surface area contributed by atoms with Crippen LogP contribution in [0.25, 0.3) is 0 Å². The quantitative estimate of drug-likeness (QED) is 0.513. The third-order valence-corrected chi connectivity index (χ3v) is 1.39. The summed E-state index contributed by atoms with van der Waals surface area (Å²) in [5.41, 5.74) is 0. The van der Waals surface area contributed by atoms with E-state index in [1.54, 1.807) is 12.1 Å². The lowest BCUT2D eigenvalue weighted by Crippen LogP contribution is -2.09. The standard InChI is InChI=1S/C9H12O4/c1-2-11-6-7-13-9(10)8-4-3-5-12-8/h3-5H,2,6-7H2,1H3. The molecular weight excluding hydrogens is 172 g/mol. The van der Waals surface area contributed by atoms with E-state index in [9.17, 15) is 4.79 Å². The van der Waals surface area contributed by atoms with Crippen molar-refractivity contribution in [2.45, 2.75) is 6.92 Å². The summed E-state index contributed by atoms with van der Waals surface area (Å²) >= 11 is 0. The molecule has 0 radical (unpaired) electrons. The first-order valence-electron chi connectivity index (χ1n) is 4.13. The number of esters is 1. The summed E-state index contributed by atoms with van der Waals surface area (Å²) in [6, 6.07) is 3.20. The van der Waals surface area contributed by atoms with Gasteiger partial charge < -0.3 is 13.9 Å². The van der Waals surface area contributed by atoms with E-state index in [0.29, 0.717) is 13.2 Å². The van der Waals surface area contributed by atoms with Gasteiger partial charge in [0.25, 0.3) is 0 Å². The van der Waals surface area contributed by atoms with E-state index in [1.165, 1.54) is 6.26 Å². The van der Waals surface area contributed by atoms with E-state index in [4.69, 9.17) is 13.9 Å². The Kier molecular flexibility index (Phi) is 4.05. The van der Waals surface area contributed by atoms with Gasteiger partial charge in [-0.15, -0.1) is 0 Å². The summed E-state index contributed by atoms with van der Waals surface area (Å²) < 4.78 is 14.7. The van der Waals surface area contributed by atoms with Crippen LogP contribution in [0, 0.1) is 0 Å². The molecule has 1 aromatic heterocycles. The van der Waals surface area contributed by atoms with Crippen LogP contribution in [0.4, 0.5) is 0 Å². The first-order chi connectivity index (χ1) is 6.34. The van der Waals surface area contributed by atoms with Crippen LogP contribution < -0.4 is 0 Å². The number of carbonyl (C=O) groups is 1. The monoisotopic (exact) mass is 184 g/mol. The predicted molar refractivity (Wildman–Crippen MR) is 45.5 cm³/mol. The Bertz CT molecular complexity index is 240. The Hall–Kier alpha value is -1.29. The van der Waals surface area contributed by atoms with Crippen LogP contribution in [0.5, 0.6) is 0 Å². The zero-order chi connectivity index (χ0) is 9.52. The molecule has 13 heavy (non-hydrogen) atoms. The summed E-state index contributed by atoms with van der Waals surface area (Å²) in [6.45, 7) is 3.18. The molecule has 0 amide bonds. The molecule has 4 nitrogen and oxygen atoms in total. The summed E-state index contributed by atoms with van der Waals surface area (Å²) in [7, 11) is 0.